The van der Waals surface area contributed by atoms with E-state index >= 15 is 0 Å². The number of nitrogens with zero attached hydrogens (tertiary/aromatic N) is 1. The van der Waals surface area contributed by atoms with E-state index in [1.165, 1.54) is 38.4 Å². The molecule has 0 bridgehead atoms. The molecule has 3 aromatic rings. The third kappa shape index (κ3) is 4.68. The number of aryl methyl sites for hydroxylation is 1. The van der Waals surface area contributed by atoms with Gasteiger partial charge in [0.1, 0.15) is 11.5 Å². The predicted molar refractivity (Wildman–Crippen MR) is 123 cm³/mol. The summed E-state index contributed by atoms with van der Waals surface area (Å²) in [6, 6.07) is 17.3. The molecule has 1 N–H and O–H groups in total. The number of hydrogen-bond donors (Lipinski definition) is 1. The molecule has 0 saturated heterocycles. The molecule has 170 valence electrons. The predicted octanol–water partition coefficient (Wildman–Crippen LogP) is 3.62. The van der Waals surface area contributed by atoms with Crippen molar-refractivity contribution >= 4 is 33.3 Å². The van der Waals surface area contributed by atoms with Crippen LogP contribution in [-0.4, -0.2) is 34.5 Å². The number of esters is 1. The van der Waals surface area contributed by atoms with Gasteiger partial charge in [-0.15, -0.1) is 0 Å². The highest BCUT2D eigenvalue weighted by Crippen LogP contribution is 2.28. The van der Waals surface area contributed by atoms with Gasteiger partial charge in [0.15, 0.2) is 0 Å². The Hall–Kier alpha value is -3.85. The van der Waals surface area contributed by atoms with E-state index in [1.807, 2.05) is 0 Å². The fourth-order valence-electron chi connectivity index (χ4n) is 3.46. The van der Waals surface area contributed by atoms with Crippen molar-refractivity contribution in [3.63, 3.8) is 0 Å². The lowest BCUT2D eigenvalue weighted by molar-refractivity contribution is -0.116. The van der Waals surface area contributed by atoms with E-state index in [0.29, 0.717) is 35.7 Å². The number of methoxy groups -OCH3 is 1. The Morgan fingerprint density at radius 3 is 2.42 bits per heavy atom. The molecule has 8 nitrogen and oxygen atoms in total. The average molecular weight is 467 g/mol. The van der Waals surface area contributed by atoms with Crippen LogP contribution in [0.4, 0.5) is 11.4 Å². The lowest BCUT2D eigenvalue weighted by atomic mass is 10.0. The smallest absolute Gasteiger partial charge is 0.343 e. The number of nitrogens with one attached hydrogen (secondary N) is 1. The van der Waals surface area contributed by atoms with Crippen LogP contribution in [0.5, 0.6) is 11.5 Å². The topological polar surface area (TPSA) is 102 Å². The second-order valence-corrected chi connectivity index (χ2v) is 9.42. The highest BCUT2D eigenvalue weighted by Gasteiger charge is 2.23. The highest BCUT2D eigenvalue weighted by molar-refractivity contribution is 7.92. The summed E-state index contributed by atoms with van der Waals surface area (Å²) < 4.78 is 37.9. The van der Waals surface area contributed by atoms with E-state index in [1.54, 1.807) is 42.5 Å². The van der Waals surface area contributed by atoms with E-state index in [2.05, 4.69) is 5.32 Å². The van der Waals surface area contributed by atoms with Crippen molar-refractivity contribution in [3.8, 4) is 11.5 Å². The zero-order chi connectivity index (χ0) is 23.6. The van der Waals surface area contributed by atoms with Crippen molar-refractivity contribution in [2.75, 3.05) is 23.8 Å². The molecule has 1 heterocycles. The van der Waals surface area contributed by atoms with Crippen molar-refractivity contribution in [1.29, 1.82) is 0 Å². The molecular weight excluding hydrogens is 444 g/mol. The van der Waals surface area contributed by atoms with E-state index in [0.717, 1.165) is 9.87 Å². The molecule has 1 amide bonds. The van der Waals surface area contributed by atoms with Crippen LogP contribution in [0.1, 0.15) is 22.3 Å². The van der Waals surface area contributed by atoms with Gasteiger partial charge in [-0.3, -0.25) is 9.10 Å². The zero-order valence-corrected chi connectivity index (χ0v) is 18.9. The van der Waals surface area contributed by atoms with E-state index < -0.39 is 16.0 Å². The number of benzene rings is 3. The number of carbonyl (C=O) groups excluding carboxylic acids is 2. The quantitative estimate of drug-likeness (QED) is 0.440. The molecule has 1 aliphatic rings. The highest BCUT2D eigenvalue weighted by atomic mass is 32.2. The first kappa shape index (κ1) is 22.3. The summed E-state index contributed by atoms with van der Waals surface area (Å²) in [4.78, 5) is 24.2. The van der Waals surface area contributed by atoms with Crippen LogP contribution in [0.3, 0.4) is 0 Å². The van der Waals surface area contributed by atoms with Gasteiger partial charge >= 0.3 is 5.97 Å². The molecule has 0 saturated carbocycles. The van der Waals surface area contributed by atoms with Crippen molar-refractivity contribution in [2.45, 2.75) is 17.7 Å². The normalized spacial score (nSPS) is 13.0. The van der Waals surface area contributed by atoms with Crippen molar-refractivity contribution < 1.29 is 27.5 Å². The van der Waals surface area contributed by atoms with Crippen LogP contribution in [0.15, 0.2) is 71.6 Å². The Kier molecular flexibility index (Phi) is 6.06. The Balaban J connectivity index is 1.54. The minimum atomic E-state index is -3.91. The molecule has 0 aromatic heterocycles. The molecule has 3 aromatic carbocycles. The van der Waals surface area contributed by atoms with E-state index in [-0.39, 0.29) is 16.4 Å². The van der Waals surface area contributed by atoms with Crippen molar-refractivity contribution in [1.82, 2.24) is 0 Å². The molecule has 33 heavy (non-hydrogen) atoms. The standard InChI is InChI=1S/C24H22N2O6S/c1-26(18-7-9-19(31-2)10-8-18)33(29,30)21-5-3-4-17(15-21)24(28)32-20-11-12-22-16(14-20)6-13-23(27)25-22/h3-5,7-12,14-15H,6,13H2,1-2H3,(H,25,27). The van der Waals surface area contributed by atoms with Crippen LogP contribution < -0.4 is 19.1 Å². The lowest BCUT2D eigenvalue weighted by Crippen LogP contribution is -2.26. The number of carbonyl (C=O) groups is 2. The van der Waals surface area contributed by atoms with Crippen LogP contribution in [0.25, 0.3) is 0 Å². The number of anilines is 2. The maximum absolute atomic E-state index is 13.1. The minimum absolute atomic E-state index is 0.0385. The average Bonchev–Trinajstić information content (AvgIpc) is 2.83. The third-order valence-electron chi connectivity index (χ3n) is 5.35. The summed E-state index contributed by atoms with van der Waals surface area (Å²) >= 11 is 0. The van der Waals surface area contributed by atoms with E-state index in [9.17, 15) is 18.0 Å². The Labute approximate surface area is 191 Å². The fourth-order valence-corrected chi connectivity index (χ4v) is 4.70. The SMILES string of the molecule is COc1ccc(N(C)S(=O)(=O)c2cccc(C(=O)Oc3ccc4c(c3)CCC(=O)N4)c2)cc1. The molecule has 0 atom stereocenters. The minimum Gasteiger partial charge on any atom is -0.497 e. The lowest BCUT2D eigenvalue weighted by Gasteiger charge is -2.20. The summed E-state index contributed by atoms with van der Waals surface area (Å²) in [6.45, 7) is 0. The molecule has 0 aliphatic carbocycles. The van der Waals surface area contributed by atoms with Gasteiger partial charge in [0.05, 0.1) is 23.3 Å². The Bertz CT molecular complexity index is 1320. The Morgan fingerprint density at radius 2 is 1.70 bits per heavy atom. The number of fused-ring (bicyclic) bond motifs is 1. The molecule has 1 aliphatic heterocycles. The number of ether oxygens (including phenoxy) is 2. The molecule has 4 rings (SSSR count). The van der Waals surface area contributed by atoms with Gasteiger partial charge in [0.2, 0.25) is 5.91 Å². The van der Waals surface area contributed by atoms with Gasteiger partial charge in [-0.2, -0.15) is 0 Å². The zero-order valence-electron chi connectivity index (χ0n) is 18.1. The second kappa shape index (κ2) is 8.95. The van der Waals surface area contributed by atoms with Gasteiger partial charge in [-0.25, -0.2) is 13.2 Å². The monoisotopic (exact) mass is 466 g/mol. The van der Waals surface area contributed by atoms with Crippen molar-refractivity contribution in [3.05, 3.63) is 77.9 Å². The molecule has 9 heteroatoms. The largest absolute Gasteiger partial charge is 0.497 e. The van der Waals surface area contributed by atoms with Crippen LogP contribution >= 0.6 is 0 Å². The van der Waals surface area contributed by atoms with Crippen LogP contribution in [-0.2, 0) is 21.2 Å². The summed E-state index contributed by atoms with van der Waals surface area (Å²) in [6.07, 6.45) is 0.921. The summed E-state index contributed by atoms with van der Waals surface area (Å²) in [5.74, 6) is 0.196. The molecule has 0 radical (unpaired) electrons. The first-order chi connectivity index (χ1) is 15.8. The number of sulfonamides is 1. The summed E-state index contributed by atoms with van der Waals surface area (Å²) in [5.41, 5.74) is 2.12. The van der Waals surface area contributed by atoms with Gasteiger partial charge in [-0.05, 0) is 72.6 Å². The maximum atomic E-state index is 13.1. The van der Waals surface area contributed by atoms with Gasteiger partial charge < -0.3 is 14.8 Å². The summed E-state index contributed by atoms with van der Waals surface area (Å²) in [7, 11) is -0.945. The number of amides is 1. The number of rotatable bonds is 6. The molecule has 0 unspecified atom stereocenters. The third-order valence-corrected chi connectivity index (χ3v) is 7.13. The van der Waals surface area contributed by atoms with Gasteiger partial charge in [0.25, 0.3) is 10.0 Å². The van der Waals surface area contributed by atoms with Gasteiger partial charge in [-0.1, -0.05) is 6.07 Å². The van der Waals surface area contributed by atoms with Gasteiger partial charge in [0, 0.05) is 19.2 Å². The maximum Gasteiger partial charge on any atom is 0.343 e. The number of hydrogen-bond acceptors (Lipinski definition) is 6. The molecular formula is C24H22N2O6S. The van der Waals surface area contributed by atoms with Crippen molar-refractivity contribution in [2.24, 2.45) is 0 Å². The summed E-state index contributed by atoms with van der Waals surface area (Å²) in [5, 5.41) is 2.77. The van der Waals surface area contributed by atoms with Crippen LogP contribution in [0, 0.1) is 0 Å². The molecule has 0 fully saturated rings. The first-order valence-corrected chi connectivity index (χ1v) is 11.6. The second-order valence-electron chi connectivity index (χ2n) is 7.46. The fraction of sp³-hybridized carbons (Fsp3) is 0.167. The van der Waals surface area contributed by atoms with E-state index in [4.69, 9.17) is 9.47 Å². The van der Waals surface area contributed by atoms with Crippen LogP contribution in [0.2, 0.25) is 0 Å². The Morgan fingerprint density at radius 1 is 0.970 bits per heavy atom. The molecule has 0 spiro atoms. The first-order valence-electron chi connectivity index (χ1n) is 10.2.